The van der Waals surface area contributed by atoms with Gasteiger partial charge in [0, 0.05) is 25.6 Å². The van der Waals surface area contributed by atoms with Gasteiger partial charge in [-0.15, -0.1) is 11.3 Å². The van der Waals surface area contributed by atoms with E-state index in [0.717, 1.165) is 41.8 Å². The zero-order valence-electron chi connectivity index (χ0n) is 13.7. The van der Waals surface area contributed by atoms with Crippen molar-refractivity contribution in [2.75, 3.05) is 13.2 Å². The van der Waals surface area contributed by atoms with E-state index >= 15 is 0 Å². The molecule has 1 atom stereocenters. The van der Waals surface area contributed by atoms with Crippen LogP contribution in [0.4, 0.5) is 0 Å². The predicted molar refractivity (Wildman–Crippen MR) is 97.6 cm³/mol. The number of hydrogen-bond acceptors (Lipinski definition) is 5. The van der Waals surface area contributed by atoms with Crippen LogP contribution in [0.5, 0.6) is 0 Å². The summed E-state index contributed by atoms with van der Waals surface area (Å²) in [7, 11) is 0. The lowest BCUT2D eigenvalue weighted by Crippen LogP contribution is -2.36. The van der Waals surface area contributed by atoms with Crippen LogP contribution in [-0.2, 0) is 4.74 Å². The maximum Gasteiger partial charge on any atom is 0.280 e. The Morgan fingerprint density at radius 1 is 1.20 bits per heavy atom. The molecule has 1 fully saturated rings. The molecule has 1 amide bonds. The maximum absolute atomic E-state index is 12.8. The molecule has 5 nitrogen and oxygen atoms in total. The van der Waals surface area contributed by atoms with Crippen LogP contribution in [0, 0.1) is 5.92 Å². The Kier molecular flexibility index (Phi) is 4.72. The van der Waals surface area contributed by atoms with Gasteiger partial charge in [0.25, 0.3) is 5.91 Å². The van der Waals surface area contributed by atoms with Gasteiger partial charge in [-0.25, -0.2) is 4.98 Å². The number of pyridine rings is 1. The van der Waals surface area contributed by atoms with Gasteiger partial charge < -0.3 is 10.1 Å². The second kappa shape index (κ2) is 7.29. The van der Waals surface area contributed by atoms with Gasteiger partial charge in [-0.3, -0.25) is 9.78 Å². The van der Waals surface area contributed by atoms with Gasteiger partial charge in [0.05, 0.1) is 16.3 Å². The third kappa shape index (κ3) is 3.55. The number of carbonyl (C=O) groups is 1. The Bertz CT molecular complexity index is 826. The summed E-state index contributed by atoms with van der Waals surface area (Å²) in [6, 6.07) is 11.7. The van der Waals surface area contributed by atoms with Crippen molar-refractivity contribution in [1.82, 2.24) is 15.3 Å². The number of hydrogen-bond donors (Lipinski definition) is 1. The summed E-state index contributed by atoms with van der Waals surface area (Å²) in [5.41, 5.74) is 1.89. The van der Waals surface area contributed by atoms with E-state index in [-0.39, 0.29) is 11.9 Å². The smallest absolute Gasteiger partial charge is 0.280 e. The number of fused-ring (bicyclic) bond motifs is 1. The van der Waals surface area contributed by atoms with Crippen molar-refractivity contribution in [2.24, 2.45) is 5.92 Å². The van der Waals surface area contributed by atoms with Crippen molar-refractivity contribution in [1.29, 1.82) is 0 Å². The van der Waals surface area contributed by atoms with Crippen LogP contribution in [0.25, 0.3) is 10.2 Å². The molecule has 1 aromatic carbocycles. The minimum absolute atomic E-state index is 0.0721. The molecule has 1 aliphatic heterocycles. The van der Waals surface area contributed by atoms with Crippen LogP contribution in [0.2, 0.25) is 0 Å². The molecule has 0 aliphatic carbocycles. The van der Waals surface area contributed by atoms with Gasteiger partial charge in [0.15, 0.2) is 5.01 Å². The first kappa shape index (κ1) is 16.2. The summed E-state index contributed by atoms with van der Waals surface area (Å²) >= 11 is 1.43. The van der Waals surface area contributed by atoms with Crippen molar-refractivity contribution in [3.8, 4) is 0 Å². The van der Waals surface area contributed by atoms with Crippen LogP contribution in [0.3, 0.4) is 0 Å². The summed E-state index contributed by atoms with van der Waals surface area (Å²) in [6.45, 7) is 1.47. The van der Waals surface area contributed by atoms with E-state index in [2.05, 4.69) is 15.3 Å². The van der Waals surface area contributed by atoms with Crippen molar-refractivity contribution < 1.29 is 9.53 Å². The number of ether oxygens (including phenoxy) is 1. The number of rotatable bonds is 4. The molecule has 0 radical (unpaired) electrons. The molecule has 4 rings (SSSR count). The maximum atomic E-state index is 12.8. The van der Waals surface area contributed by atoms with Crippen LogP contribution < -0.4 is 5.32 Å². The molecule has 6 heteroatoms. The highest BCUT2D eigenvalue weighted by Gasteiger charge is 2.28. The third-order valence-electron chi connectivity index (χ3n) is 4.56. The first-order chi connectivity index (χ1) is 12.3. The molecule has 0 unspecified atom stereocenters. The van der Waals surface area contributed by atoms with Crippen molar-refractivity contribution in [3.63, 3.8) is 0 Å². The van der Waals surface area contributed by atoms with Crippen LogP contribution in [-0.4, -0.2) is 29.1 Å². The highest BCUT2D eigenvalue weighted by atomic mass is 32.1. The number of thiazole rings is 1. The molecular weight excluding hydrogens is 334 g/mol. The lowest BCUT2D eigenvalue weighted by Gasteiger charge is -2.30. The van der Waals surface area contributed by atoms with E-state index in [1.165, 1.54) is 11.3 Å². The Balaban J connectivity index is 1.59. The van der Waals surface area contributed by atoms with Gasteiger partial charge >= 0.3 is 0 Å². The molecule has 3 heterocycles. The summed E-state index contributed by atoms with van der Waals surface area (Å²) in [6.07, 6.45) is 5.44. The first-order valence-electron chi connectivity index (χ1n) is 8.45. The van der Waals surface area contributed by atoms with Gasteiger partial charge in [-0.2, -0.15) is 0 Å². The summed E-state index contributed by atoms with van der Waals surface area (Å²) < 4.78 is 6.50. The Morgan fingerprint density at radius 2 is 2.04 bits per heavy atom. The average Bonchev–Trinajstić information content (AvgIpc) is 3.12. The fourth-order valence-electron chi connectivity index (χ4n) is 3.25. The summed E-state index contributed by atoms with van der Waals surface area (Å²) in [4.78, 5) is 21.5. The van der Waals surface area contributed by atoms with Gasteiger partial charge in [0.2, 0.25) is 0 Å². The van der Waals surface area contributed by atoms with E-state index in [1.54, 1.807) is 6.20 Å². The molecular formula is C19H19N3O2S. The second-order valence-electron chi connectivity index (χ2n) is 6.17. The van der Waals surface area contributed by atoms with Crippen molar-refractivity contribution in [3.05, 3.63) is 59.4 Å². The van der Waals surface area contributed by atoms with E-state index in [0.29, 0.717) is 10.9 Å². The Morgan fingerprint density at radius 3 is 2.80 bits per heavy atom. The molecule has 1 aliphatic rings. The fourth-order valence-corrected chi connectivity index (χ4v) is 4.12. The number of carbonyl (C=O) groups excluding carboxylic acids is 1. The molecule has 0 spiro atoms. The third-order valence-corrected chi connectivity index (χ3v) is 5.59. The molecule has 0 saturated carbocycles. The van der Waals surface area contributed by atoms with Gasteiger partial charge in [-0.05, 0) is 42.5 Å². The fraction of sp³-hybridized carbons (Fsp3) is 0.316. The number of amides is 1. The minimum atomic E-state index is -0.124. The summed E-state index contributed by atoms with van der Waals surface area (Å²) in [5, 5.41) is 3.70. The normalized spacial score (nSPS) is 16.6. The molecule has 1 saturated heterocycles. The number of para-hydroxylation sites is 1. The minimum Gasteiger partial charge on any atom is -0.381 e. The first-order valence-corrected chi connectivity index (χ1v) is 9.27. The van der Waals surface area contributed by atoms with Crippen molar-refractivity contribution in [2.45, 2.75) is 18.9 Å². The van der Waals surface area contributed by atoms with Crippen molar-refractivity contribution >= 4 is 27.5 Å². The van der Waals surface area contributed by atoms with E-state index in [4.69, 9.17) is 4.74 Å². The lowest BCUT2D eigenvalue weighted by atomic mass is 9.87. The molecule has 128 valence electrons. The zero-order chi connectivity index (χ0) is 17.1. The molecule has 25 heavy (non-hydrogen) atoms. The summed E-state index contributed by atoms with van der Waals surface area (Å²) in [5.74, 6) is 0.220. The topological polar surface area (TPSA) is 64.1 Å². The standard InChI is InChI=1S/C19H19N3O2S/c23-18(19-21-15-5-1-2-6-16(15)25-19)22-17(13-7-10-24-11-8-13)14-4-3-9-20-12-14/h1-6,9,12-13,17H,7-8,10-11H2,(H,22,23)/t17-/m1/s1. The van der Waals surface area contributed by atoms with Crippen LogP contribution >= 0.6 is 11.3 Å². The molecule has 0 bridgehead atoms. The number of nitrogens with zero attached hydrogens (tertiary/aromatic N) is 2. The van der Waals surface area contributed by atoms with Crippen LogP contribution in [0.1, 0.15) is 34.2 Å². The van der Waals surface area contributed by atoms with E-state index in [9.17, 15) is 4.79 Å². The Hall–Kier alpha value is -2.31. The predicted octanol–water partition coefficient (Wildman–Crippen LogP) is 3.59. The lowest BCUT2D eigenvalue weighted by molar-refractivity contribution is 0.0513. The zero-order valence-corrected chi connectivity index (χ0v) is 14.5. The highest BCUT2D eigenvalue weighted by molar-refractivity contribution is 7.20. The molecule has 3 aromatic rings. The second-order valence-corrected chi connectivity index (χ2v) is 7.20. The number of benzene rings is 1. The monoisotopic (exact) mass is 353 g/mol. The average molecular weight is 353 g/mol. The van der Waals surface area contributed by atoms with E-state index < -0.39 is 0 Å². The van der Waals surface area contributed by atoms with E-state index in [1.807, 2.05) is 42.6 Å². The number of aromatic nitrogens is 2. The van der Waals surface area contributed by atoms with Gasteiger partial charge in [-0.1, -0.05) is 18.2 Å². The number of nitrogens with one attached hydrogen (secondary N) is 1. The highest BCUT2D eigenvalue weighted by Crippen LogP contribution is 2.30. The molecule has 1 N–H and O–H groups in total. The quantitative estimate of drug-likeness (QED) is 0.778. The Labute approximate surface area is 150 Å². The molecule has 2 aromatic heterocycles. The van der Waals surface area contributed by atoms with Gasteiger partial charge in [0.1, 0.15) is 0 Å². The largest absolute Gasteiger partial charge is 0.381 e. The SMILES string of the molecule is O=C(N[C@@H](c1cccnc1)C1CCOCC1)c1nc2ccccc2s1. The van der Waals surface area contributed by atoms with Crippen LogP contribution in [0.15, 0.2) is 48.8 Å².